The lowest BCUT2D eigenvalue weighted by Gasteiger charge is -2.35. The second kappa shape index (κ2) is 6.88. The van der Waals surface area contributed by atoms with Crippen LogP contribution >= 0.6 is 23.7 Å². The number of halogens is 1. The molecule has 1 saturated heterocycles. The number of thiophene rings is 1. The molecule has 1 aromatic heterocycles. The van der Waals surface area contributed by atoms with Crippen LogP contribution in [0.15, 0.2) is 17.5 Å². The van der Waals surface area contributed by atoms with Crippen LogP contribution in [-0.2, 0) is 4.79 Å². The number of hydrogen-bond donors (Lipinski definition) is 1. The molecule has 2 amide bonds. The fourth-order valence-electron chi connectivity index (χ4n) is 1.97. The van der Waals surface area contributed by atoms with E-state index >= 15 is 0 Å². The maximum Gasteiger partial charge on any atom is 0.264 e. The average molecular weight is 304 g/mol. The van der Waals surface area contributed by atoms with Crippen LogP contribution in [0.5, 0.6) is 0 Å². The third kappa shape index (κ3) is 3.68. The molecule has 19 heavy (non-hydrogen) atoms. The summed E-state index contributed by atoms with van der Waals surface area (Å²) in [4.78, 5) is 28.0. The SMILES string of the molecule is C[C@H](N)C(=O)N1CCN(C(=O)c2cccs2)CC1.Cl. The van der Waals surface area contributed by atoms with E-state index in [0.717, 1.165) is 4.88 Å². The minimum atomic E-state index is -0.468. The van der Waals surface area contributed by atoms with Crippen molar-refractivity contribution in [2.24, 2.45) is 5.73 Å². The van der Waals surface area contributed by atoms with Gasteiger partial charge in [0, 0.05) is 26.2 Å². The molecule has 7 heteroatoms. The van der Waals surface area contributed by atoms with Crippen molar-refractivity contribution in [2.75, 3.05) is 26.2 Å². The number of carbonyl (C=O) groups excluding carboxylic acids is 2. The average Bonchev–Trinajstić information content (AvgIpc) is 2.91. The fraction of sp³-hybridized carbons (Fsp3) is 0.500. The van der Waals surface area contributed by atoms with Gasteiger partial charge < -0.3 is 15.5 Å². The summed E-state index contributed by atoms with van der Waals surface area (Å²) in [5, 5.41) is 1.89. The van der Waals surface area contributed by atoms with Gasteiger partial charge in [-0.25, -0.2) is 0 Å². The second-order valence-electron chi connectivity index (χ2n) is 4.38. The Hall–Kier alpha value is -1.11. The predicted octanol–water partition coefficient (Wildman–Crippen LogP) is 0.802. The van der Waals surface area contributed by atoms with E-state index in [2.05, 4.69) is 0 Å². The number of nitrogens with zero attached hydrogens (tertiary/aromatic N) is 2. The van der Waals surface area contributed by atoms with Gasteiger partial charge in [0.05, 0.1) is 10.9 Å². The van der Waals surface area contributed by atoms with E-state index in [0.29, 0.717) is 26.2 Å². The van der Waals surface area contributed by atoms with Gasteiger partial charge in [0.15, 0.2) is 0 Å². The predicted molar refractivity (Wildman–Crippen MR) is 77.7 cm³/mol. The molecule has 0 saturated carbocycles. The standard InChI is InChI=1S/C12H17N3O2S.ClH/c1-9(13)11(16)14-4-6-15(7-5-14)12(17)10-3-2-8-18-10;/h2-3,8-9H,4-7,13H2,1H3;1H/t9-;/m0./s1. The van der Waals surface area contributed by atoms with Crippen LogP contribution in [0, 0.1) is 0 Å². The summed E-state index contributed by atoms with van der Waals surface area (Å²) in [5.74, 6) is 0.0103. The number of rotatable bonds is 2. The highest BCUT2D eigenvalue weighted by molar-refractivity contribution is 7.12. The number of amides is 2. The summed E-state index contributed by atoms with van der Waals surface area (Å²) >= 11 is 1.44. The molecule has 1 atom stereocenters. The number of carbonyl (C=O) groups is 2. The highest BCUT2D eigenvalue weighted by Crippen LogP contribution is 2.14. The van der Waals surface area contributed by atoms with Crippen molar-refractivity contribution in [3.8, 4) is 0 Å². The van der Waals surface area contributed by atoms with Crippen LogP contribution in [-0.4, -0.2) is 53.8 Å². The van der Waals surface area contributed by atoms with Gasteiger partial charge in [-0.2, -0.15) is 0 Å². The molecule has 106 valence electrons. The van der Waals surface area contributed by atoms with Gasteiger partial charge in [-0.05, 0) is 18.4 Å². The van der Waals surface area contributed by atoms with Crippen LogP contribution < -0.4 is 5.73 Å². The van der Waals surface area contributed by atoms with Crippen LogP contribution in [0.2, 0.25) is 0 Å². The quantitative estimate of drug-likeness (QED) is 0.879. The van der Waals surface area contributed by atoms with Gasteiger partial charge in [-0.1, -0.05) is 6.07 Å². The first-order valence-corrected chi connectivity index (χ1v) is 6.84. The van der Waals surface area contributed by atoms with Crippen molar-refractivity contribution in [2.45, 2.75) is 13.0 Å². The first kappa shape index (κ1) is 15.9. The molecule has 2 heterocycles. The Morgan fingerprint density at radius 1 is 1.26 bits per heavy atom. The molecule has 0 radical (unpaired) electrons. The summed E-state index contributed by atoms with van der Waals surface area (Å²) in [6.07, 6.45) is 0. The van der Waals surface area contributed by atoms with Gasteiger partial charge in [0.1, 0.15) is 0 Å². The highest BCUT2D eigenvalue weighted by atomic mass is 35.5. The van der Waals surface area contributed by atoms with Crippen LogP contribution in [0.4, 0.5) is 0 Å². The largest absolute Gasteiger partial charge is 0.338 e. The van der Waals surface area contributed by atoms with E-state index in [-0.39, 0.29) is 24.2 Å². The maximum absolute atomic E-state index is 12.1. The molecule has 0 spiro atoms. The Labute approximate surface area is 122 Å². The zero-order valence-electron chi connectivity index (χ0n) is 10.7. The first-order chi connectivity index (χ1) is 8.59. The molecule has 0 unspecified atom stereocenters. The van der Waals surface area contributed by atoms with Crippen molar-refractivity contribution in [3.63, 3.8) is 0 Å². The summed E-state index contributed by atoms with van der Waals surface area (Å²) in [6.45, 7) is 3.98. The smallest absolute Gasteiger partial charge is 0.264 e. The third-order valence-electron chi connectivity index (χ3n) is 3.00. The number of nitrogens with two attached hydrogens (primary N) is 1. The van der Waals surface area contributed by atoms with E-state index in [1.165, 1.54) is 11.3 Å². The molecule has 1 aliphatic heterocycles. The minimum absolute atomic E-state index is 0. The lowest BCUT2D eigenvalue weighted by molar-refractivity contribution is -0.133. The topological polar surface area (TPSA) is 66.6 Å². The Morgan fingerprint density at radius 3 is 2.32 bits per heavy atom. The summed E-state index contributed by atoms with van der Waals surface area (Å²) in [5.41, 5.74) is 5.57. The highest BCUT2D eigenvalue weighted by Gasteiger charge is 2.26. The molecule has 1 aromatic rings. The Bertz CT molecular complexity index is 428. The molecule has 2 N–H and O–H groups in total. The van der Waals surface area contributed by atoms with Gasteiger partial charge in [0.2, 0.25) is 5.91 Å². The molecular formula is C12H18ClN3O2S. The van der Waals surface area contributed by atoms with Crippen molar-refractivity contribution in [1.29, 1.82) is 0 Å². The Balaban J connectivity index is 0.00000180. The lowest BCUT2D eigenvalue weighted by atomic mass is 10.2. The van der Waals surface area contributed by atoms with E-state index in [9.17, 15) is 9.59 Å². The van der Waals surface area contributed by atoms with Gasteiger partial charge in [-0.3, -0.25) is 9.59 Å². The third-order valence-corrected chi connectivity index (χ3v) is 3.86. The molecule has 0 aromatic carbocycles. The molecule has 1 fully saturated rings. The summed E-state index contributed by atoms with van der Waals surface area (Å²) in [6, 6.07) is 3.23. The molecule has 1 aliphatic rings. The van der Waals surface area contributed by atoms with Gasteiger partial charge in [0.25, 0.3) is 5.91 Å². The molecule has 0 aliphatic carbocycles. The van der Waals surface area contributed by atoms with E-state index < -0.39 is 6.04 Å². The number of hydrogen-bond acceptors (Lipinski definition) is 4. The first-order valence-electron chi connectivity index (χ1n) is 5.96. The van der Waals surface area contributed by atoms with Gasteiger partial charge >= 0.3 is 0 Å². The zero-order valence-corrected chi connectivity index (χ0v) is 12.4. The van der Waals surface area contributed by atoms with Crippen molar-refractivity contribution >= 4 is 35.6 Å². The van der Waals surface area contributed by atoms with E-state index in [1.54, 1.807) is 16.7 Å². The summed E-state index contributed by atoms with van der Waals surface area (Å²) < 4.78 is 0. The monoisotopic (exact) mass is 303 g/mol. The molecule has 5 nitrogen and oxygen atoms in total. The summed E-state index contributed by atoms with van der Waals surface area (Å²) in [7, 11) is 0. The van der Waals surface area contributed by atoms with E-state index in [4.69, 9.17) is 5.73 Å². The number of piperazine rings is 1. The van der Waals surface area contributed by atoms with Crippen LogP contribution in [0.25, 0.3) is 0 Å². The van der Waals surface area contributed by atoms with Crippen molar-refractivity contribution < 1.29 is 9.59 Å². The normalized spacial score (nSPS) is 16.7. The molecule has 0 bridgehead atoms. The Morgan fingerprint density at radius 2 is 1.84 bits per heavy atom. The zero-order chi connectivity index (χ0) is 13.1. The van der Waals surface area contributed by atoms with Gasteiger partial charge in [-0.15, -0.1) is 23.7 Å². The lowest BCUT2D eigenvalue weighted by Crippen LogP contribution is -2.53. The van der Waals surface area contributed by atoms with Crippen LogP contribution in [0.1, 0.15) is 16.6 Å². The minimum Gasteiger partial charge on any atom is -0.338 e. The molecule has 2 rings (SSSR count). The second-order valence-corrected chi connectivity index (χ2v) is 5.33. The molecular weight excluding hydrogens is 286 g/mol. The Kier molecular flexibility index (Phi) is 5.78. The van der Waals surface area contributed by atoms with Crippen molar-refractivity contribution in [1.82, 2.24) is 9.80 Å². The fourth-order valence-corrected chi connectivity index (χ4v) is 2.66. The van der Waals surface area contributed by atoms with E-state index in [1.807, 2.05) is 17.5 Å². The maximum atomic E-state index is 12.1. The van der Waals surface area contributed by atoms with Crippen molar-refractivity contribution in [3.05, 3.63) is 22.4 Å². The van der Waals surface area contributed by atoms with Crippen LogP contribution in [0.3, 0.4) is 0 Å².